The number of phosphoric ester groups is 2. The zero-order chi connectivity index (χ0) is 26.8. The van der Waals surface area contributed by atoms with Crippen molar-refractivity contribution in [1.29, 1.82) is 0 Å². The first kappa shape index (κ1) is 28.6. The number of aliphatic hydroxyl groups is 5. The molecule has 2 aromatic heterocycles. The van der Waals surface area contributed by atoms with Crippen LogP contribution in [0.2, 0.25) is 0 Å². The zero-order valence-electron chi connectivity index (χ0n) is 17.9. The monoisotopic (exact) mass is 559 g/mol. The van der Waals surface area contributed by atoms with Crippen LogP contribution in [-0.4, -0.2) is 111 Å². The van der Waals surface area contributed by atoms with Gasteiger partial charge in [-0.05, 0) is 0 Å². The molecule has 0 aliphatic carbocycles. The van der Waals surface area contributed by atoms with Crippen molar-refractivity contribution in [1.82, 2.24) is 19.5 Å². The van der Waals surface area contributed by atoms with Gasteiger partial charge in [0.05, 0.1) is 19.5 Å². The average molecular weight is 559 g/mol. The number of hydrogen-bond donors (Lipinski definition) is 8. The summed E-state index contributed by atoms with van der Waals surface area (Å²) in [4.78, 5) is 41.4. The van der Waals surface area contributed by atoms with Gasteiger partial charge in [0.15, 0.2) is 24.0 Å². The van der Waals surface area contributed by atoms with E-state index in [0.717, 1.165) is 6.33 Å². The molecule has 1 saturated heterocycles. The summed E-state index contributed by atoms with van der Waals surface area (Å²) < 4.78 is 43.5. The number of carbonyl (C=O) groups excluding carboxylic acids is 1. The Morgan fingerprint density at radius 1 is 1.11 bits per heavy atom. The van der Waals surface area contributed by atoms with Crippen LogP contribution in [0.15, 0.2) is 12.7 Å². The second kappa shape index (κ2) is 11.2. The van der Waals surface area contributed by atoms with Crippen LogP contribution in [0, 0.1) is 0 Å². The molecular formula is C15H23N5O14P2. The van der Waals surface area contributed by atoms with Gasteiger partial charge in [0.2, 0.25) is 0 Å². The predicted octanol–water partition coefficient (Wildman–Crippen LogP) is -3.44. The van der Waals surface area contributed by atoms with Crippen molar-refractivity contribution in [2.75, 3.05) is 18.9 Å². The van der Waals surface area contributed by atoms with Crippen molar-refractivity contribution in [2.45, 2.75) is 42.9 Å². The Balaban J connectivity index is 1.58. The van der Waals surface area contributed by atoms with Crippen molar-refractivity contribution in [3.05, 3.63) is 12.7 Å². The summed E-state index contributed by atoms with van der Waals surface area (Å²) in [5.41, 5.74) is 6.04. The van der Waals surface area contributed by atoms with Gasteiger partial charge in [-0.2, -0.15) is 4.31 Å². The van der Waals surface area contributed by atoms with Gasteiger partial charge in [0, 0.05) is 0 Å². The number of fused-ring (bicyclic) bond motifs is 1. The molecule has 9 N–H and O–H groups in total. The number of hydrogen-bond acceptors (Lipinski definition) is 16. The number of aldehydes is 1. The number of nitrogens with two attached hydrogens (primary N) is 1. The molecular weight excluding hydrogens is 536 g/mol. The maximum Gasteiger partial charge on any atom is 0.481 e. The summed E-state index contributed by atoms with van der Waals surface area (Å²) in [6.45, 7) is -2.11. The minimum absolute atomic E-state index is 0.0441. The Morgan fingerprint density at radius 3 is 2.44 bits per heavy atom. The van der Waals surface area contributed by atoms with Crippen LogP contribution in [0.5, 0.6) is 0 Å². The molecule has 3 unspecified atom stereocenters. The highest BCUT2D eigenvalue weighted by Gasteiger charge is 2.46. The first-order valence-corrected chi connectivity index (χ1v) is 12.9. The highest BCUT2D eigenvalue weighted by atomic mass is 31.3. The van der Waals surface area contributed by atoms with Crippen molar-refractivity contribution in [3.8, 4) is 0 Å². The van der Waals surface area contributed by atoms with E-state index in [1.165, 1.54) is 10.9 Å². The number of phosphoric acid groups is 2. The SMILES string of the molecule is Nc1ncnc2c1ncn2[C@@H]1O[C@H](COP(=O)(O)OP(=O)(O)OC[C@@H](O)[C@@H](O)[C@@H](O)C=O)C(O)[C@@H]1O. The summed E-state index contributed by atoms with van der Waals surface area (Å²) in [7, 11) is -10.8. The van der Waals surface area contributed by atoms with Gasteiger partial charge in [-0.3, -0.25) is 13.6 Å². The largest absolute Gasteiger partial charge is 0.481 e. The van der Waals surface area contributed by atoms with Gasteiger partial charge in [-0.1, -0.05) is 0 Å². The molecule has 9 atom stereocenters. The molecule has 3 heterocycles. The topological polar surface area (TPSA) is 299 Å². The van der Waals surface area contributed by atoms with E-state index in [1.54, 1.807) is 0 Å². The quantitative estimate of drug-likeness (QED) is 0.0926. The van der Waals surface area contributed by atoms with Crippen molar-refractivity contribution in [3.63, 3.8) is 0 Å². The van der Waals surface area contributed by atoms with Crippen LogP contribution < -0.4 is 5.73 Å². The molecule has 1 fully saturated rings. The number of nitrogen functional groups attached to an aromatic ring is 1. The number of imidazole rings is 1. The Morgan fingerprint density at radius 2 is 1.78 bits per heavy atom. The fourth-order valence-electron chi connectivity index (χ4n) is 3.08. The van der Waals surface area contributed by atoms with Crippen LogP contribution in [0.25, 0.3) is 11.2 Å². The van der Waals surface area contributed by atoms with E-state index < -0.39 is 71.7 Å². The third-order valence-electron chi connectivity index (χ3n) is 4.90. The van der Waals surface area contributed by atoms with Crippen LogP contribution in [0.3, 0.4) is 0 Å². The number of rotatable bonds is 12. The van der Waals surface area contributed by atoms with E-state index in [2.05, 4.69) is 28.3 Å². The molecule has 1 aliphatic rings. The molecule has 19 nitrogen and oxygen atoms in total. The number of anilines is 1. The minimum atomic E-state index is -5.39. The van der Waals surface area contributed by atoms with Crippen LogP contribution in [-0.2, 0) is 32.0 Å². The molecule has 0 radical (unpaired) electrons. The lowest BCUT2D eigenvalue weighted by Gasteiger charge is -2.22. The van der Waals surface area contributed by atoms with Gasteiger partial charge in [-0.15, -0.1) is 0 Å². The number of aliphatic hydroxyl groups excluding tert-OH is 5. The minimum Gasteiger partial charge on any atom is -0.388 e. The van der Waals surface area contributed by atoms with Gasteiger partial charge in [0.25, 0.3) is 0 Å². The third-order valence-corrected chi connectivity index (χ3v) is 7.50. The number of aromatic nitrogens is 4. The first-order valence-electron chi connectivity index (χ1n) is 9.86. The van der Waals surface area contributed by atoms with E-state index >= 15 is 0 Å². The summed E-state index contributed by atoms with van der Waals surface area (Å²) in [5.74, 6) is 0.0441. The molecule has 21 heteroatoms. The maximum absolute atomic E-state index is 12.1. The average Bonchev–Trinajstić information content (AvgIpc) is 3.36. The predicted molar refractivity (Wildman–Crippen MR) is 112 cm³/mol. The summed E-state index contributed by atoms with van der Waals surface area (Å²) >= 11 is 0. The van der Waals surface area contributed by atoms with E-state index in [1.807, 2.05) is 0 Å². The zero-order valence-corrected chi connectivity index (χ0v) is 19.7. The van der Waals surface area contributed by atoms with Crippen LogP contribution in [0.4, 0.5) is 5.82 Å². The fraction of sp³-hybridized carbons (Fsp3) is 0.600. The fourth-order valence-corrected chi connectivity index (χ4v) is 5.17. The van der Waals surface area contributed by atoms with E-state index in [-0.39, 0.29) is 23.3 Å². The standard InChI is InChI=1S/C15H23N5O14P2/c16-13-9-14(18-4-17-13)20(5-19-9)15-12(26)11(25)8(33-15)3-32-36(29,30)34-35(27,28)31-2-7(23)10(24)6(22)1-21/h1,4-8,10-12,15,22-26H,2-3H2,(H,27,28)(H,29,30)(H2,16,17,18)/t6-,7+,8+,10-,11?,12-,15+/m0/s1. The van der Waals surface area contributed by atoms with Crippen LogP contribution >= 0.6 is 15.6 Å². The number of carbonyl (C=O) groups is 1. The molecule has 36 heavy (non-hydrogen) atoms. The van der Waals surface area contributed by atoms with E-state index in [9.17, 15) is 44.1 Å². The Labute approximate surface area is 200 Å². The van der Waals surface area contributed by atoms with E-state index in [0.29, 0.717) is 0 Å². The molecule has 1 aliphatic heterocycles. The van der Waals surface area contributed by atoms with Gasteiger partial charge >= 0.3 is 15.6 Å². The second-order valence-electron chi connectivity index (χ2n) is 7.42. The van der Waals surface area contributed by atoms with Crippen molar-refractivity contribution in [2.24, 2.45) is 0 Å². The van der Waals surface area contributed by atoms with Crippen molar-refractivity contribution < 1.29 is 67.3 Å². The third kappa shape index (κ3) is 6.48. The normalized spacial score (nSPS) is 28.3. The molecule has 2 aromatic rings. The molecule has 0 amide bonds. The summed E-state index contributed by atoms with van der Waals surface area (Å²) in [5, 5.41) is 48.7. The number of ether oxygens (including phenoxy) is 1. The lowest BCUT2D eigenvalue weighted by atomic mass is 10.1. The smallest absolute Gasteiger partial charge is 0.388 e. The molecule has 202 valence electrons. The lowest BCUT2D eigenvalue weighted by Crippen LogP contribution is -2.40. The Kier molecular flexibility index (Phi) is 8.90. The highest BCUT2D eigenvalue weighted by Crippen LogP contribution is 2.60. The number of nitrogens with zero attached hydrogens (tertiary/aromatic N) is 4. The maximum atomic E-state index is 12.1. The summed E-state index contributed by atoms with van der Waals surface area (Å²) in [6, 6.07) is 0. The second-order valence-corrected chi connectivity index (χ2v) is 10.5. The Bertz CT molecular complexity index is 1170. The molecule has 0 saturated carbocycles. The molecule has 0 aromatic carbocycles. The van der Waals surface area contributed by atoms with E-state index in [4.69, 9.17) is 15.6 Å². The molecule has 3 rings (SSSR count). The van der Waals surface area contributed by atoms with Crippen molar-refractivity contribution >= 4 is 38.9 Å². The van der Waals surface area contributed by atoms with Crippen LogP contribution in [0.1, 0.15) is 6.23 Å². The Hall–Kier alpha value is -1.96. The first-order chi connectivity index (χ1) is 16.8. The molecule has 0 bridgehead atoms. The highest BCUT2D eigenvalue weighted by molar-refractivity contribution is 7.61. The molecule has 0 spiro atoms. The van der Waals surface area contributed by atoms with Gasteiger partial charge in [-0.25, -0.2) is 24.1 Å². The lowest BCUT2D eigenvalue weighted by molar-refractivity contribution is -0.127. The van der Waals surface area contributed by atoms with Gasteiger partial charge < -0.3 is 50.6 Å². The summed E-state index contributed by atoms with van der Waals surface area (Å²) in [6.07, 6.45) is -9.91. The van der Waals surface area contributed by atoms with Gasteiger partial charge in [0.1, 0.15) is 48.5 Å².